The predicted octanol–water partition coefficient (Wildman–Crippen LogP) is 2.08. The van der Waals surface area contributed by atoms with Crippen LogP contribution in [-0.2, 0) is 14.3 Å². The summed E-state index contributed by atoms with van der Waals surface area (Å²) < 4.78 is 10.4. The van der Waals surface area contributed by atoms with Gasteiger partial charge in [-0.15, -0.1) is 0 Å². The smallest absolute Gasteiger partial charge is 0.302 e. The Morgan fingerprint density at radius 1 is 1.33 bits per heavy atom. The SMILES string of the molecule is CCOC(c1ccccc1)C(O)CCOC(C)=O. The largest absolute Gasteiger partial charge is 0.466 e. The number of ether oxygens (including phenoxy) is 2. The summed E-state index contributed by atoms with van der Waals surface area (Å²) in [5.74, 6) is -0.338. The van der Waals surface area contributed by atoms with Gasteiger partial charge in [0.1, 0.15) is 6.10 Å². The van der Waals surface area contributed by atoms with Gasteiger partial charge in [0.2, 0.25) is 0 Å². The monoisotopic (exact) mass is 252 g/mol. The van der Waals surface area contributed by atoms with Crippen molar-refractivity contribution < 1.29 is 19.4 Å². The highest BCUT2D eigenvalue weighted by molar-refractivity contribution is 5.65. The topological polar surface area (TPSA) is 55.8 Å². The first-order valence-electron chi connectivity index (χ1n) is 6.13. The highest BCUT2D eigenvalue weighted by Crippen LogP contribution is 2.23. The number of benzene rings is 1. The van der Waals surface area contributed by atoms with Crippen LogP contribution in [0.25, 0.3) is 0 Å². The fraction of sp³-hybridized carbons (Fsp3) is 0.500. The summed E-state index contributed by atoms with van der Waals surface area (Å²) in [5, 5.41) is 10.1. The lowest BCUT2D eigenvalue weighted by atomic mass is 10.0. The summed E-state index contributed by atoms with van der Waals surface area (Å²) in [6.07, 6.45) is -0.711. The molecule has 4 nitrogen and oxygen atoms in total. The van der Waals surface area contributed by atoms with E-state index >= 15 is 0 Å². The van der Waals surface area contributed by atoms with E-state index in [0.717, 1.165) is 5.56 Å². The van der Waals surface area contributed by atoms with Crippen molar-refractivity contribution in [1.82, 2.24) is 0 Å². The highest BCUT2D eigenvalue weighted by atomic mass is 16.5. The van der Waals surface area contributed by atoms with Crippen molar-refractivity contribution in [2.45, 2.75) is 32.5 Å². The Kier molecular flexibility index (Phi) is 6.39. The number of aliphatic hydroxyl groups is 1. The summed E-state index contributed by atoms with van der Waals surface area (Å²) >= 11 is 0. The summed E-state index contributed by atoms with van der Waals surface area (Å²) in [7, 11) is 0. The molecular weight excluding hydrogens is 232 g/mol. The number of carbonyl (C=O) groups excluding carboxylic acids is 1. The summed E-state index contributed by atoms with van der Waals surface area (Å²) in [5.41, 5.74) is 0.926. The number of carbonyl (C=O) groups is 1. The minimum atomic E-state index is -0.688. The molecular formula is C14H20O4. The van der Waals surface area contributed by atoms with Crippen LogP contribution in [0.5, 0.6) is 0 Å². The lowest BCUT2D eigenvalue weighted by Gasteiger charge is -2.23. The van der Waals surface area contributed by atoms with Gasteiger partial charge in [0, 0.05) is 20.0 Å². The normalized spacial score (nSPS) is 13.9. The van der Waals surface area contributed by atoms with Crippen LogP contribution in [0.1, 0.15) is 31.9 Å². The third-order valence-corrected chi connectivity index (χ3v) is 2.54. The van der Waals surface area contributed by atoms with Gasteiger partial charge in [0.25, 0.3) is 0 Å². The molecule has 0 saturated heterocycles. The molecule has 0 saturated carbocycles. The van der Waals surface area contributed by atoms with Crippen LogP contribution in [0, 0.1) is 0 Å². The van der Waals surface area contributed by atoms with Crippen LogP contribution in [0.2, 0.25) is 0 Å². The van der Waals surface area contributed by atoms with Gasteiger partial charge in [-0.05, 0) is 12.5 Å². The van der Waals surface area contributed by atoms with Gasteiger partial charge in [0.15, 0.2) is 0 Å². The Labute approximate surface area is 108 Å². The van der Waals surface area contributed by atoms with Crippen molar-refractivity contribution in [3.05, 3.63) is 35.9 Å². The fourth-order valence-electron chi connectivity index (χ4n) is 1.73. The quantitative estimate of drug-likeness (QED) is 0.755. The van der Waals surface area contributed by atoms with Gasteiger partial charge < -0.3 is 14.6 Å². The first-order chi connectivity index (χ1) is 8.65. The molecule has 0 aliphatic heterocycles. The number of hydrogen-bond acceptors (Lipinski definition) is 4. The van der Waals surface area contributed by atoms with E-state index in [4.69, 9.17) is 9.47 Å². The Morgan fingerprint density at radius 3 is 2.56 bits per heavy atom. The minimum Gasteiger partial charge on any atom is -0.466 e. The van der Waals surface area contributed by atoms with Crippen LogP contribution >= 0.6 is 0 Å². The number of rotatable bonds is 7. The molecule has 0 bridgehead atoms. The second kappa shape index (κ2) is 7.84. The van der Waals surface area contributed by atoms with E-state index in [0.29, 0.717) is 13.0 Å². The highest BCUT2D eigenvalue weighted by Gasteiger charge is 2.21. The molecule has 0 fully saturated rings. The molecule has 0 aromatic heterocycles. The molecule has 100 valence electrons. The van der Waals surface area contributed by atoms with Crippen molar-refractivity contribution in [3.63, 3.8) is 0 Å². The van der Waals surface area contributed by atoms with Gasteiger partial charge in [-0.1, -0.05) is 30.3 Å². The zero-order valence-corrected chi connectivity index (χ0v) is 10.8. The van der Waals surface area contributed by atoms with E-state index in [1.165, 1.54) is 6.92 Å². The molecule has 4 heteroatoms. The molecule has 0 radical (unpaired) electrons. The van der Waals surface area contributed by atoms with Crippen molar-refractivity contribution in [2.24, 2.45) is 0 Å². The van der Waals surface area contributed by atoms with E-state index in [2.05, 4.69) is 0 Å². The average Bonchev–Trinajstić information content (AvgIpc) is 2.36. The summed E-state index contributed by atoms with van der Waals surface area (Å²) in [4.78, 5) is 10.7. The lowest BCUT2D eigenvalue weighted by molar-refractivity contribution is -0.142. The summed E-state index contributed by atoms with van der Waals surface area (Å²) in [6, 6.07) is 9.54. The van der Waals surface area contributed by atoms with E-state index in [1.807, 2.05) is 37.3 Å². The van der Waals surface area contributed by atoms with E-state index in [1.54, 1.807) is 0 Å². The van der Waals surface area contributed by atoms with Crippen LogP contribution in [0.3, 0.4) is 0 Å². The maximum absolute atomic E-state index is 10.7. The zero-order chi connectivity index (χ0) is 13.4. The van der Waals surface area contributed by atoms with E-state index in [9.17, 15) is 9.90 Å². The Balaban J connectivity index is 2.58. The third kappa shape index (κ3) is 4.85. The molecule has 0 spiro atoms. The van der Waals surface area contributed by atoms with E-state index < -0.39 is 6.10 Å². The molecule has 1 rings (SSSR count). The first-order valence-corrected chi connectivity index (χ1v) is 6.13. The Morgan fingerprint density at radius 2 is 2.00 bits per heavy atom. The lowest BCUT2D eigenvalue weighted by Crippen LogP contribution is -2.23. The van der Waals surface area contributed by atoms with Crippen LogP contribution in [0.15, 0.2) is 30.3 Å². The van der Waals surface area contributed by atoms with Gasteiger partial charge in [-0.25, -0.2) is 0 Å². The zero-order valence-electron chi connectivity index (χ0n) is 10.8. The number of aliphatic hydroxyl groups excluding tert-OH is 1. The first kappa shape index (κ1) is 14.7. The van der Waals surface area contributed by atoms with Crippen molar-refractivity contribution in [2.75, 3.05) is 13.2 Å². The summed E-state index contributed by atoms with van der Waals surface area (Å²) in [6.45, 7) is 3.95. The van der Waals surface area contributed by atoms with Gasteiger partial charge in [-0.2, -0.15) is 0 Å². The number of esters is 1. The molecule has 2 unspecified atom stereocenters. The van der Waals surface area contributed by atoms with Crippen molar-refractivity contribution >= 4 is 5.97 Å². The van der Waals surface area contributed by atoms with Gasteiger partial charge >= 0.3 is 5.97 Å². The maximum Gasteiger partial charge on any atom is 0.302 e. The molecule has 0 amide bonds. The molecule has 1 N–H and O–H groups in total. The molecule has 2 atom stereocenters. The van der Waals surface area contributed by atoms with Gasteiger partial charge in [-0.3, -0.25) is 4.79 Å². The van der Waals surface area contributed by atoms with Crippen LogP contribution in [0.4, 0.5) is 0 Å². The molecule has 18 heavy (non-hydrogen) atoms. The molecule has 1 aromatic rings. The minimum absolute atomic E-state index is 0.201. The van der Waals surface area contributed by atoms with Crippen LogP contribution in [-0.4, -0.2) is 30.4 Å². The molecule has 1 aromatic carbocycles. The van der Waals surface area contributed by atoms with Crippen molar-refractivity contribution in [1.29, 1.82) is 0 Å². The Bertz CT molecular complexity index is 350. The average molecular weight is 252 g/mol. The second-order valence-electron chi connectivity index (χ2n) is 3.98. The molecule has 0 heterocycles. The van der Waals surface area contributed by atoms with Gasteiger partial charge in [0.05, 0.1) is 12.7 Å². The molecule has 0 aliphatic carbocycles. The van der Waals surface area contributed by atoms with Crippen LogP contribution < -0.4 is 0 Å². The Hall–Kier alpha value is -1.39. The molecule has 0 aliphatic rings. The third-order valence-electron chi connectivity index (χ3n) is 2.54. The maximum atomic E-state index is 10.7. The standard InChI is InChI=1S/C14H20O4/c1-3-17-14(12-7-5-4-6-8-12)13(16)9-10-18-11(2)15/h4-8,13-14,16H,3,9-10H2,1-2H3. The van der Waals surface area contributed by atoms with Crippen molar-refractivity contribution in [3.8, 4) is 0 Å². The van der Waals surface area contributed by atoms with E-state index in [-0.39, 0.29) is 18.7 Å². The fourth-order valence-corrected chi connectivity index (χ4v) is 1.73. The predicted molar refractivity (Wildman–Crippen MR) is 68.1 cm³/mol. The number of hydrogen-bond donors (Lipinski definition) is 1. The second-order valence-corrected chi connectivity index (χ2v) is 3.98.